The first-order chi connectivity index (χ1) is 6.54. The van der Waals surface area contributed by atoms with Gasteiger partial charge in [0.1, 0.15) is 6.04 Å². The van der Waals surface area contributed by atoms with Crippen molar-refractivity contribution in [3.05, 3.63) is 0 Å². The summed E-state index contributed by atoms with van der Waals surface area (Å²) in [5.74, 6) is -0.175. The number of hydrogen-bond donors (Lipinski definition) is 0. The Morgan fingerprint density at radius 3 is 2.36 bits per heavy atom. The third-order valence-corrected chi connectivity index (χ3v) is 2.54. The molecular weight excluding hydrogens is 182 g/mol. The zero-order chi connectivity index (χ0) is 10.7. The zero-order valence-electron chi connectivity index (χ0n) is 9.32. The molecule has 14 heavy (non-hydrogen) atoms. The quantitative estimate of drug-likeness (QED) is 0.615. The van der Waals surface area contributed by atoms with Gasteiger partial charge < -0.3 is 9.47 Å². The van der Waals surface area contributed by atoms with Crippen molar-refractivity contribution in [1.82, 2.24) is 4.90 Å². The van der Waals surface area contributed by atoms with Crippen LogP contribution >= 0.6 is 0 Å². The van der Waals surface area contributed by atoms with Crippen LogP contribution < -0.4 is 0 Å². The second kappa shape index (κ2) is 4.75. The average molecular weight is 201 g/mol. The van der Waals surface area contributed by atoms with Crippen LogP contribution in [0.1, 0.15) is 20.8 Å². The van der Waals surface area contributed by atoms with Gasteiger partial charge in [-0.2, -0.15) is 0 Å². The average Bonchev–Trinajstić information content (AvgIpc) is 2.14. The molecule has 1 saturated heterocycles. The molecule has 0 aromatic rings. The topological polar surface area (TPSA) is 38.8 Å². The molecule has 82 valence electrons. The van der Waals surface area contributed by atoms with Gasteiger partial charge in [-0.3, -0.25) is 9.69 Å². The van der Waals surface area contributed by atoms with Gasteiger partial charge in [-0.15, -0.1) is 0 Å². The van der Waals surface area contributed by atoms with E-state index in [1.165, 1.54) is 7.11 Å². The molecule has 3 atom stereocenters. The molecule has 4 nitrogen and oxygen atoms in total. The monoisotopic (exact) mass is 201 g/mol. The molecule has 0 aromatic carbocycles. The van der Waals surface area contributed by atoms with Gasteiger partial charge >= 0.3 is 5.97 Å². The maximum Gasteiger partial charge on any atom is 0.322 e. The summed E-state index contributed by atoms with van der Waals surface area (Å²) in [5, 5.41) is 0. The molecule has 0 amide bonds. The zero-order valence-corrected chi connectivity index (χ0v) is 9.32. The van der Waals surface area contributed by atoms with Crippen molar-refractivity contribution in [2.75, 3.05) is 20.2 Å². The highest BCUT2D eigenvalue weighted by Gasteiger charge is 2.29. The van der Waals surface area contributed by atoms with Gasteiger partial charge in [-0.05, 0) is 20.8 Å². The van der Waals surface area contributed by atoms with Crippen LogP contribution in [0.25, 0.3) is 0 Å². The summed E-state index contributed by atoms with van der Waals surface area (Å²) in [5.41, 5.74) is 0. The van der Waals surface area contributed by atoms with E-state index in [0.29, 0.717) is 0 Å². The van der Waals surface area contributed by atoms with E-state index < -0.39 is 0 Å². The Morgan fingerprint density at radius 2 is 1.93 bits per heavy atom. The summed E-state index contributed by atoms with van der Waals surface area (Å²) in [4.78, 5) is 13.4. The number of esters is 1. The van der Waals surface area contributed by atoms with Crippen LogP contribution in [-0.4, -0.2) is 49.3 Å². The van der Waals surface area contributed by atoms with Gasteiger partial charge in [-0.1, -0.05) is 0 Å². The lowest BCUT2D eigenvalue weighted by Gasteiger charge is -2.37. The molecule has 0 radical (unpaired) electrons. The Hall–Kier alpha value is -0.610. The van der Waals surface area contributed by atoms with Crippen LogP contribution in [0.5, 0.6) is 0 Å². The van der Waals surface area contributed by atoms with E-state index in [1.807, 2.05) is 20.8 Å². The minimum atomic E-state index is -0.175. The number of hydrogen-bond acceptors (Lipinski definition) is 4. The van der Waals surface area contributed by atoms with Crippen molar-refractivity contribution in [2.45, 2.75) is 39.0 Å². The third-order valence-electron chi connectivity index (χ3n) is 2.54. The molecule has 1 fully saturated rings. The molecule has 1 aliphatic rings. The molecule has 0 N–H and O–H groups in total. The molecule has 0 spiro atoms. The summed E-state index contributed by atoms with van der Waals surface area (Å²) in [6, 6.07) is -0.172. The fourth-order valence-electron chi connectivity index (χ4n) is 1.85. The van der Waals surface area contributed by atoms with E-state index in [0.717, 1.165) is 13.1 Å². The summed E-state index contributed by atoms with van der Waals surface area (Å²) in [7, 11) is 1.42. The van der Waals surface area contributed by atoms with Crippen LogP contribution in [0, 0.1) is 0 Å². The van der Waals surface area contributed by atoms with Gasteiger partial charge in [0.2, 0.25) is 0 Å². The first kappa shape index (κ1) is 11.5. The van der Waals surface area contributed by atoms with Gasteiger partial charge in [0.15, 0.2) is 0 Å². The summed E-state index contributed by atoms with van der Waals surface area (Å²) in [6.45, 7) is 7.50. The van der Waals surface area contributed by atoms with Crippen LogP contribution in [0.3, 0.4) is 0 Å². The Balaban J connectivity index is 2.54. The van der Waals surface area contributed by atoms with Crippen LogP contribution in [0.2, 0.25) is 0 Å². The molecular formula is C10H19NO3. The molecule has 0 bridgehead atoms. The van der Waals surface area contributed by atoms with Gasteiger partial charge in [0.25, 0.3) is 0 Å². The first-order valence-corrected chi connectivity index (χ1v) is 5.02. The molecule has 0 unspecified atom stereocenters. The van der Waals surface area contributed by atoms with Crippen LogP contribution in [0.15, 0.2) is 0 Å². The highest BCUT2D eigenvalue weighted by molar-refractivity contribution is 5.75. The largest absolute Gasteiger partial charge is 0.468 e. The summed E-state index contributed by atoms with van der Waals surface area (Å²) < 4.78 is 10.3. The van der Waals surface area contributed by atoms with Gasteiger partial charge in [0, 0.05) is 13.1 Å². The summed E-state index contributed by atoms with van der Waals surface area (Å²) in [6.07, 6.45) is 0.372. The molecule has 1 rings (SSSR count). The molecule has 4 heteroatoms. The van der Waals surface area contributed by atoms with Gasteiger partial charge in [0.05, 0.1) is 19.3 Å². The lowest BCUT2D eigenvalue weighted by molar-refractivity contribution is -0.151. The second-order valence-corrected chi connectivity index (χ2v) is 3.91. The SMILES string of the molecule is COC(=O)[C@H](C)N1C[C@@H](C)O[C@@H](C)C1. The van der Waals surface area contributed by atoms with E-state index >= 15 is 0 Å². The lowest BCUT2D eigenvalue weighted by Crippen LogP contribution is -2.51. The number of methoxy groups -OCH3 is 1. The number of ether oxygens (including phenoxy) is 2. The lowest BCUT2D eigenvalue weighted by atomic mass is 10.2. The highest BCUT2D eigenvalue weighted by Crippen LogP contribution is 2.13. The van der Waals surface area contributed by atoms with E-state index in [2.05, 4.69) is 4.90 Å². The minimum absolute atomic E-state index is 0.172. The van der Waals surface area contributed by atoms with Crippen LogP contribution in [0.4, 0.5) is 0 Å². The van der Waals surface area contributed by atoms with Crippen molar-refractivity contribution in [3.63, 3.8) is 0 Å². The molecule has 1 heterocycles. The van der Waals surface area contributed by atoms with Crippen molar-refractivity contribution < 1.29 is 14.3 Å². The van der Waals surface area contributed by atoms with E-state index in [1.54, 1.807) is 0 Å². The van der Waals surface area contributed by atoms with E-state index in [4.69, 9.17) is 9.47 Å². The summed E-state index contributed by atoms with van der Waals surface area (Å²) >= 11 is 0. The van der Waals surface area contributed by atoms with Crippen molar-refractivity contribution in [2.24, 2.45) is 0 Å². The Kier molecular flexibility index (Phi) is 3.89. The van der Waals surface area contributed by atoms with Gasteiger partial charge in [-0.25, -0.2) is 0 Å². The van der Waals surface area contributed by atoms with Crippen LogP contribution in [-0.2, 0) is 14.3 Å². The number of morpholine rings is 1. The number of rotatable bonds is 2. The number of nitrogens with zero attached hydrogens (tertiary/aromatic N) is 1. The maximum atomic E-state index is 11.3. The van der Waals surface area contributed by atoms with E-state index in [9.17, 15) is 4.79 Å². The number of carbonyl (C=O) groups excluding carboxylic acids is 1. The smallest absolute Gasteiger partial charge is 0.322 e. The first-order valence-electron chi connectivity index (χ1n) is 5.02. The fraction of sp³-hybridized carbons (Fsp3) is 0.900. The van der Waals surface area contributed by atoms with Crippen molar-refractivity contribution in [1.29, 1.82) is 0 Å². The maximum absolute atomic E-state index is 11.3. The second-order valence-electron chi connectivity index (χ2n) is 3.91. The molecule has 0 aliphatic carbocycles. The number of carbonyl (C=O) groups is 1. The normalized spacial score (nSPS) is 31.1. The van der Waals surface area contributed by atoms with Crippen molar-refractivity contribution in [3.8, 4) is 0 Å². The third kappa shape index (κ3) is 2.69. The predicted octanol–water partition coefficient (Wildman–Crippen LogP) is 0.657. The highest BCUT2D eigenvalue weighted by atomic mass is 16.5. The Labute approximate surface area is 85.2 Å². The Morgan fingerprint density at radius 1 is 1.43 bits per heavy atom. The predicted molar refractivity (Wildman–Crippen MR) is 53.1 cm³/mol. The molecule has 0 saturated carbocycles. The van der Waals surface area contributed by atoms with E-state index in [-0.39, 0.29) is 24.2 Å². The minimum Gasteiger partial charge on any atom is -0.468 e. The molecule has 1 aliphatic heterocycles. The standard InChI is InChI=1S/C10H19NO3/c1-7-5-11(6-8(2)14-7)9(3)10(12)13-4/h7-9H,5-6H2,1-4H3/t7-,8+,9-/m0/s1. The Bertz CT molecular complexity index is 198. The van der Waals surface area contributed by atoms with Crippen molar-refractivity contribution >= 4 is 5.97 Å². The fourth-order valence-corrected chi connectivity index (χ4v) is 1.85. The molecule has 0 aromatic heterocycles.